The highest BCUT2D eigenvalue weighted by Crippen LogP contribution is 2.22. The van der Waals surface area contributed by atoms with Crippen molar-refractivity contribution < 1.29 is 4.79 Å². The summed E-state index contributed by atoms with van der Waals surface area (Å²) in [6.45, 7) is 5.66. The first-order valence-corrected chi connectivity index (χ1v) is 6.20. The monoisotopic (exact) mass is 262 g/mol. The second-order valence-corrected chi connectivity index (χ2v) is 5.66. The van der Waals surface area contributed by atoms with E-state index in [0.717, 1.165) is 11.0 Å². The average Bonchev–Trinajstić information content (AvgIpc) is 2.28. The highest BCUT2D eigenvalue weighted by Gasteiger charge is 2.23. The minimum Gasteiger partial charge on any atom is -0.299 e. The Labute approximate surface area is 111 Å². The maximum atomic E-state index is 12.0. The number of hydrogen-bond acceptors (Lipinski definition) is 3. The molecule has 0 amide bonds. The standard InChI is InChI=1S/C14H15ClN2O/c1-14(2,3)12(18)8-11-13(15)17-10-7-5-4-6-9(10)16-11/h4-7H,8H2,1-3H3. The summed E-state index contributed by atoms with van der Waals surface area (Å²) in [7, 11) is 0. The van der Waals surface area contributed by atoms with Crippen LogP contribution in [0.4, 0.5) is 0 Å². The van der Waals surface area contributed by atoms with Gasteiger partial charge in [0, 0.05) is 5.41 Å². The number of ketones is 1. The lowest BCUT2D eigenvalue weighted by molar-refractivity contribution is -0.125. The summed E-state index contributed by atoms with van der Waals surface area (Å²) >= 11 is 6.07. The van der Waals surface area contributed by atoms with Gasteiger partial charge in [0.25, 0.3) is 0 Å². The van der Waals surface area contributed by atoms with Gasteiger partial charge < -0.3 is 0 Å². The number of halogens is 1. The van der Waals surface area contributed by atoms with Gasteiger partial charge in [-0.25, -0.2) is 9.97 Å². The minimum atomic E-state index is -0.392. The lowest BCUT2D eigenvalue weighted by Crippen LogP contribution is -2.22. The predicted molar refractivity (Wildman–Crippen MR) is 72.7 cm³/mol. The largest absolute Gasteiger partial charge is 0.299 e. The maximum absolute atomic E-state index is 12.0. The smallest absolute Gasteiger partial charge is 0.151 e. The van der Waals surface area contributed by atoms with E-state index in [1.165, 1.54) is 0 Å². The molecule has 1 heterocycles. The molecule has 4 heteroatoms. The Morgan fingerprint density at radius 2 is 1.72 bits per heavy atom. The third-order valence-corrected chi connectivity index (χ3v) is 3.06. The van der Waals surface area contributed by atoms with E-state index in [1.54, 1.807) is 0 Å². The van der Waals surface area contributed by atoms with Crippen molar-refractivity contribution in [3.8, 4) is 0 Å². The first kappa shape index (κ1) is 13.0. The second-order valence-electron chi connectivity index (χ2n) is 5.30. The van der Waals surface area contributed by atoms with Crippen molar-refractivity contribution >= 4 is 28.4 Å². The highest BCUT2D eigenvalue weighted by molar-refractivity contribution is 6.30. The molecule has 0 unspecified atom stereocenters. The summed E-state index contributed by atoms with van der Waals surface area (Å²) in [5.74, 6) is 0.106. The van der Waals surface area contributed by atoms with Gasteiger partial charge in [-0.1, -0.05) is 44.5 Å². The number of rotatable bonds is 2. The Morgan fingerprint density at radius 3 is 2.28 bits per heavy atom. The Bertz CT molecular complexity index is 602. The van der Waals surface area contributed by atoms with Crippen LogP contribution in [0.3, 0.4) is 0 Å². The fourth-order valence-electron chi connectivity index (χ4n) is 1.54. The van der Waals surface area contributed by atoms with E-state index in [9.17, 15) is 4.79 Å². The topological polar surface area (TPSA) is 42.9 Å². The van der Waals surface area contributed by atoms with Gasteiger partial charge in [-0.3, -0.25) is 4.79 Å². The summed E-state index contributed by atoms with van der Waals surface area (Å²) < 4.78 is 0. The van der Waals surface area contributed by atoms with Crippen LogP contribution in [0.2, 0.25) is 5.15 Å². The van der Waals surface area contributed by atoms with Crippen molar-refractivity contribution in [2.24, 2.45) is 5.41 Å². The fraction of sp³-hybridized carbons (Fsp3) is 0.357. The van der Waals surface area contributed by atoms with Crippen molar-refractivity contribution in [3.05, 3.63) is 35.1 Å². The van der Waals surface area contributed by atoms with Crippen molar-refractivity contribution in [2.75, 3.05) is 0 Å². The number of aromatic nitrogens is 2. The number of benzene rings is 1. The van der Waals surface area contributed by atoms with Gasteiger partial charge in [0.1, 0.15) is 5.78 Å². The Balaban J connectivity index is 2.40. The number of nitrogens with zero attached hydrogens (tertiary/aromatic N) is 2. The van der Waals surface area contributed by atoms with Crippen molar-refractivity contribution in [1.82, 2.24) is 9.97 Å². The molecule has 18 heavy (non-hydrogen) atoms. The second kappa shape index (κ2) is 4.65. The van der Waals surface area contributed by atoms with Gasteiger partial charge in [-0.2, -0.15) is 0 Å². The molecular formula is C14H15ClN2O. The predicted octanol–water partition coefficient (Wildman–Crippen LogP) is 3.44. The quantitative estimate of drug-likeness (QED) is 0.833. The van der Waals surface area contributed by atoms with Crippen LogP contribution in [0.1, 0.15) is 26.5 Å². The summed E-state index contributed by atoms with van der Waals surface area (Å²) in [5, 5.41) is 0.311. The molecule has 2 aromatic rings. The molecule has 0 atom stereocenters. The number of carbonyl (C=O) groups excluding carboxylic acids is 1. The van der Waals surface area contributed by atoms with E-state index < -0.39 is 5.41 Å². The van der Waals surface area contributed by atoms with Gasteiger partial charge >= 0.3 is 0 Å². The van der Waals surface area contributed by atoms with E-state index in [4.69, 9.17) is 11.6 Å². The number of Topliss-reactive ketones (excluding diaryl/α,β-unsaturated/α-hetero) is 1. The van der Waals surface area contributed by atoms with Crippen LogP contribution in [0, 0.1) is 5.41 Å². The molecule has 0 aliphatic carbocycles. The van der Waals surface area contributed by atoms with Gasteiger partial charge in [0.05, 0.1) is 23.1 Å². The third-order valence-electron chi connectivity index (χ3n) is 2.76. The first-order chi connectivity index (χ1) is 8.38. The summed E-state index contributed by atoms with van der Waals surface area (Å²) in [5.41, 5.74) is 1.67. The van der Waals surface area contributed by atoms with Crippen LogP contribution in [0.15, 0.2) is 24.3 Å². The Kier molecular flexibility index (Phi) is 3.35. The van der Waals surface area contributed by atoms with E-state index in [0.29, 0.717) is 10.8 Å². The Morgan fingerprint density at radius 1 is 1.17 bits per heavy atom. The van der Waals surface area contributed by atoms with Crippen LogP contribution in [0.25, 0.3) is 11.0 Å². The molecule has 0 aliphatic rings. The zero-order valence-electron chi connectivity index (χ0n) is 10.7. The Hall–Kier alpha value is -1.48. The van der Waals surface area contributed by atoms with Crippen LogP contribution < -0.4 is 0 Å². The van der Waals surface area contributed by atoms with E-state index in [1.807, 2.05) is 45.0 Å². The molecule has 0 saturated carbocycles. The van der Waals surface area contributed by atoms with Crippen molar-refractivity contribution in [2.45, 2.75) is 27.2 Å². The molecule has 0 saturated heterocycles. The average molecular weight is 263 g/mol. The SMILES string of the molecule is CC(C)(C)C(=O)Cc1nc2ccccc2nc1Cl. The minimum absolute atomic E-state index is 0.106. The number of fused-ring (bicyclic) bond motifs is 1. The van der Waals surface area contributed by atoms with E-state index >= 15 is 0 Å². The maximum Gasteiger partial charge on any atom is 0.151 e. The fourth-order valence-corrected chi connectivity index (χ4v) is 1.74. The molecule has 0 fully saturated rings. The molecular weight excluding hydrogens is 248 g/mol. The number of carbonyl (C=O) groups is 1. The molecule has 94 valence electrons. The van der Waals surface area contributed by atoms with Gasteiger partial charge in [-0.05, 0) is 12.1 Å². The molecule has 3 nitrogen and oxygen atoms in total. The molecule has 1 aromatic heterocycles. The van der Waals surface area contributed by atoms with Crippen LogP contribution in [-0.4, -0.2) is 15.8 Å². The third kappa shape index (κ3) is 2.67. The molecule has 0 aliphatic heterocycles. The van der Waals surface area contributed by atoms with E-state index in [2.05, 4.69) is 9.97 Å². The van der Waals surface area contributed by atoms with Crippen LogP contribution in [-0.2, 0) is 11.2 Å². The van der Waals surface area contributed by atoms with Crippen molar-refractivity contribution in [3.63, 3.8) is 0 Å². The molecule has 0 spiro atoms. The highest BCUT2D eigenvalue weighted by atomic mass is 35.5. The summed E-state index contributed by atoms with van der Waals surface area (Å²) in [6, 6.07) is 7.49. The molecule has 2 rings (SSSR count). The van der Waals surface area contributed by atoms with Gasteiger partial charge in [0.15, 0.2) is 5.15 Å². The van der Waals surface area contributed by atoms with Crippen LogP contribution >= 0.6 is 11.6 Å². The summed E-state index contributed by atoms with van der Waals surface area (Å²) in [6.07, 6.45) is 0.222. The van der Waals surface area contributed by atoms with Gasteiger partial charge in [-0.15, -0.1) is 0 Å². The number of para-hydroxylation sites is 2. The molecule has 0 radical (unpaired) electrons. The lowest BCUT2D eigenvalue weighted by atomic mass is 9.88. The molecule has 0 bridgehead atoms. The van der Waals surface area contributed by atoms with Crippen molar-refractivity contribution in [1.29, 1.82) is 0 Å². The summed E-state index contributed by atoms with van der Waals surface area (Å²) in [4.78, 5) is 20.7. The number of hydrogen-bond donors (Lipinski definition) is 0. The van der Waals surface area contributed by atoms with Crippen LogP contribution in [0.5, 0.6) is 0 Å². The molecule has 0 N–H and O–H groups in total. The molecule has 1 aromatic carbocycles. The first-order valence-electron chi connectivity index (χ1n) is 5.82. The lowest BCUT2D eigenvalue weighted by Gasteiger charge is -2.16. The van der Waals surface area contributed by atoms with E-state index in [-0.39, 0.29) is 12.2 Å². The normalized spacial score (nSPS) is 11.8. The van der Waals surface area contributed by atoms with Gasteiger partial charge in [0.2, 0.25) is 0 Å². The zero-order chi connectivity index (χ0) is 13.3. The zero-order valence-corrected chi connectivity index (χ0v) is 11.5.